The minimum atomic E-state index is 0.421. The topological polar surface area (TPSA) is 97.9 Å². The maximum Gasteiger partial charge on any atom is 0.148 e. The highest BCUT2D eigenvalue weighted by Crippen LogP contribution is 2.39. The van der Waals surface area contributed by atoms with Gasteiger partial charge < -0.3 is 15.0 Å². The Hall–Kier alpha value is -3.59. The molecule has 0 unspecified atom stereocenters. The highest BCUT2D eigenvalue weighted by atomic mass is 32.2. The normalized spacial score (nSPS) is 13.3. The van der Waals surface area contributed by atoms with Crippen LogP contribution in [0, 0.1) is 22.7 Å². The average Bonchev–Trinajstić information content (AvgIpc) is 2.87. The van der Waals surface area contributed by atoms with E-state index >= 15 is 0 Å². The van der Waals surface area contributed by atoms with Gasteiger partial charge in [-0.25, -0.2) is 4.98 Å². The second-order valence-electron chi connectivity index (χ2n) is 7.17. The first-order valence-corrected chi connectivity index (χ1v) is 11.2. The molecule has 0 radical (unpaired) electrons. The molecule has 1 fully saturated rings. The summed E-state index contributed by atoms with van der Waals surface area (Å²) in [5.74, 6) is 1.23. The van der Waals surface area contributed by atoms with E-state index in [0.29, 0.717) is 59.6 Å². The summed E-state index contributed by atoms with van der Waals surface area (Å²) in [6.07, 6.45) is 3.54. The van der Waals surface area contributed by atoms with Crippen LogP contribution in [-0.2, 0) is 10.5 Å². The number of aromatic nitrogens is 2. The van der Waals surface area contributed by atoms with E-state index in [1.54, 1.807) is 6.20 Å². The lowest BCUT2D eigenvalue weighted by atomic mass is 9.96. The summed E-state index contributed by atoms with van der Waals surface area (Å²) < 4.78 is 5.49. The van der Waals surface area contributed by atoms with Crippen LogP contribution < -0.4 is 10.2 Å². The molecule has 2 aromatic heterocycles. The summed E-state index contributed by atoms with van der Waals surface area (Å²) in [7, 11) is 1.85. The number of nitriles is 2. The van der Waals surface area contributed by atoms with Crippen LogP contribution in [0.4, 0.5) is 11.5 Å². The summed E-state index contributed by atoms with van der Waals surface area (Å²) in [6, 6.07) is 16.3. The van der Waals surface area contributed by atoms with Crippen LogP contribution >= 0.6 is 11.8 Å². The Morgan fingerprint density at radius 2 is 1.84 bits per heavy atom. The number of hydrogen-bond acceptors (Lipinski definition) is 8. The zero-order chi connectivity index (χ0) is 22.3. The Balaban J connectivity index is 1.86. The Kier molecular flexibility index (Phi) is 6.86. The van der Waals surface area contributed by atoms with Gasteiger partial charge in [-0.15, -0.1) is 11.8 Å². The second kappa shape index (κ2) is 10.1. The van der Waals surface area contributed by atoms with E-state index in [4.69, 9.17) is 9.72 Å². The van der Waals surface area contributed by atoms with E-state index in [1.807, 2.05) is 49.6 Å². The Labute approximate surface area is 191 Å². The lowest BCUT2D eigenvalue weighted by Gasteiger charge is -2.29. The molecule has 0 aliphatic carbocycles. The molecule has 1 aliphatic rings. The molecule has 0 saturated carbocycles. The van der Waals surface area contributed by atoms with E-state index < -0.39 is 0 Å². The van der Waals surface area contributed by atoms with Crippen molar-refractivity contribution in [2.24, 2.45) is 0 Å². The fraction of sp³-hybridized carbons (Fsp3) is 0.250. The van der Waals surface area contributed by atoms with E-state index in [0.717, 1.165) is 16.8 Å². The molecule has 1 aliphatic heterocycles. The molecule has 160 valence electrons. The van der Waals surface area contributed by atoms with Crippen LogP contribution in [0.1, 0.15) is 16.7 Å². The molecular formula is C24H22N6OS. The molecule has 3 aromatic rings. The second-order valence-corrected chi connectivity index (χ2v) is 8.13. The fourth-order valence-corrected chi connectivity index (χ4v) is 4.51. The maximum absolute atomic E-state index is 10.1. The number of anilines is 2. The van der Waals surface area contributed by atoms with Crippen LogP contribution in [-0.4, -0.2) is 43.3 Å². The fourth-order valence-electron chi connectivity index (χ4n) is 3.60. The Morgan fingerprint density at radius 3 is 2.47 bits per heavy atom. The van der Waals surface area contributed by atoms with Crippen LogP contribution in [0.5, 0.6) is 0 Å². The molecule has 1 saturated heterocycles. The van der Waals surface area contributed by atoms with Crippen LogP contribution in [0.25, 0.3) is 11.1 Å². The van der Waals surface area contributed by atoms with Crippen molar-refractivity contribution in [2.45, 2.75) is 10.8 Å². The first-order valence-electron chi connectivity index (χ1n) is 10.3. The van der Waals surface area contributed by atoms with Gasteiger partial charge in [0, 0.05) is 49.5 Å². The van der Waals surface area contributed by atoms with Gasteiger partial charge in [0.2, 0.25) is 0 Å². The summed E-state index contributed by atoms with van der Waals surface area (Å²) in [5, 5.41) is 24.0. The van der Waals surface area contributed by atoms with Crippen LogP contribution in [0.15, 0.2) is 53.8 Å². The Bertz CT molecular complexity index is 1160. The van der Waals surface area contributed by atoms with Crippen LogP contribution in [0.3, 0.4) is 0 Å². The van der Waals surface area contributed by atoms with Gasteiger partial charge in [0.05, 0.1) is 18.8 Å². The standard InChI is InChI=1S/C24H22N6OS/c1-27-19-6-4-18(5-7-19)22-20(13-25)23(30-9-11-31-12-10-30)29-24(21(22)14-26)32-16-17-3-2-8-28-15-17/h2-8,15,27H,9-12,16H2,1H3. The molecule has 1 N–H and O–H groups in total. The van der Waals surface area contributed by atoms with Gasteiger partial charge in [-0.05, 0) is 29.3 Å². The minimum Gasteiger partial charge on any atom is -0.388 e. The lowest BCUT2D eigenvalue weighted by molar-refractivity contribution is 0.122. The van der Waals surface area contributed by atoms with Gasteiger partial charge in [-0.3, -0.25) is 4.98 Å². The van der Waals surface area contributed by atoms with E-state index in [9.17, 15) is 10.5 Å². The number of nitrogens with zero attached hydrogens (tertiary/aromatic N) is 5. The Morgan fingerprint density at radius 1 is 1.09 bits per heavy atom. The van der Waals surface area contributed by atoms with Gasteiger partial charge in [-0.1, -0.05) is 18.2 Å². The predicted octanol–water partition coefficient (Wildman–Crippen LogP) is 4.06. The molecule has 7 nitrogen and oxygen atoms in total. The number of thioether (sulfide) groups is 1. The highest BCUT2D eigenvalue weighted by molar-refractivity contribution is 7.98. The third-order valence-electron chi connectivity index (χ3n) is 5.24. The van der Waals surface area contributed by atoms with Gasteiger partial charge in [0.15, 0.2) is 0 Å². The molecular weight excluding hydrogens is 420 g/mol. The van der Waals surface area contributed by atoms with Crippen molar-refractivity contribution in [3.05, 3.63) is 65.5 Å². The van der Waals surface area contributed by atoms with Gasteiger partial charge >= 0.3 is 0 Å². The molecule has 3 heterocycles. The molecule has 4 rings (SSSR count). The average molecular weight is 443 g/mol. The van der Waals surface area contributed by atoms with E-state index in [-0.39, 0.29) is 0 Å². The zero-order valence-electron chi connectivity index (χ0n) is 17.7. The zero-order valence-corrected chi connectivity index (χ0v) is 18.5. The first-order chi connectivity index (χ1) is 15.7. The largest absolute Gasteiger partial charge is 0.388 e. The summed E-state index contributed by atoms with van der Waals surface area (Å²) >= 11 is 1.49. The molecule has 0 amide bonds. The van der Waals surface area contributed by atoms with Crippen molar-refractivity contribution >= 4 is 23.3 Å². The predicted molar refractivity (Wildman–Crippen MR) is 125 cm³/mol. The number of rotatable bonds is 6. The number of benzene rings is 1. The van der Waals surface area contributed by atoms with Crippen LogP contribution in [0.2, 0.25) is 0 Å². The SMILES string of the molecule is CNc1ccc(-c2c(C#N)c(SCc3cccnc3)nc(N3CCOCC3)c2C#N)cc1. The van der Waals surface area contributed by atoms with E-state index in [2.05, 4.69) is 27.3 Å². The highest BCUT2D eigenvalue weighted by Gasteiger charge is 2.25. The third kappa shape index (κ3) is 4.52. The van der Waals surface area contributed by atoms with Gasteiger partial charge in [0.1, 0.15) is 28.5 Å². The molecule has 0 bridgehead atoms. The van der Waals surface area contributed by atoms with Crippen molar-refractivity contribution in [2.75, 3.05) is 43.6 Å². The number of morpholine rings is 1. The maximum atomic E-state index is 10.1. The summed E-state index contributed by atoms with van der Waals surface area (Å²) in [6.45, 7) is 2.46. The van der Waals surface area contributed by atoms with Crippen molar-refractivity contribution in [1.82, 2.24) is 9.97 Å². The molecule has 0 spiro atoms. The van der Waals surface area contributed by atoms with Crippen molar-refractivity contribution in [3.8, 4) is 23.3 Å². The molecule has 1 aromatic carbocycles. The number of nitrogens with one attached hydrogen (secondary N) is 1. The lowest BCUT2D eigenvalue weighted by Crippen LogP contribution is -2.37. The quantitative estimate of drug-likeness (QED) is 0.571. The monoisotopic (exact) mass is 442 g/mol. The number of pyridine rings is 2. The molecule has 0 atom stereocenters. The van der Waals surface area contributed by atoms with E-state index in [1.165, 1.54) is 11.8 Å². The summed E-state index contributed by atoms with van der Waals surface area (Å²) in [5.41, 5.74) is 4.29. The minimum absolute atomic E-state index is 0.421. The summed E-state index contributed by atoms with van der Waals surface area (Å²) in [4.78, 5) is 11.1. The third-order valence-corrected chi connectivity index (χ3v) is 6.29. The number of hydrogen-bond donors (Lipinski definition) is 1. The number of ether oxygens (including phenoxy) is 1. The smallest absolute Gasteiger partial charge is 0.148 e. The van der Waals surface area contributed by atoms with Gasteiger partial charge in [0.25, 0.3) is 0 Å². The van der Waals surface area contributed by atoms with Crippen molar-refractivity contribution < 1.29 is 4.74 Å². The van der Waals surface area contributed by atoms with Crippen molar-refractivity contribution in [1.29, 1.82) is 10.5 Å². The molecule has 32 heavy (non-hydrogen) atoms. The van der Waals surface area contributed by atoms with Gasteiger partial charge in [-0.2, -0.15) is 10.5 Å². The van der Waals surface area contributed by atoms with Crippen molar-refractivity contribution in [3.63, 3.8) is 0 Å². The molecule has 8 heteroatoms. The first kappa shape index (κ1) is 21.6.